The van der Waals surface area contributed by atoms with Crippen LogP contribution in [0.25, 0.3) is 0 Å². The van der Waals surface area contributed by atoms with Crippen LogP contribution in [0.5, 0.6) is 0 Å². The van der Waals surface area contributed by atoms with Crippen LogP contribution in [0.4, 0.5) is 0 Å². The summed E-state index contributed by atoms with van der Waals surface area (Å²) in [5, 5.41) is 9.14. The van der Waals surface area contributed by atoms with Crippen LogP contribution < -0.4 is 0 Å². The van der Waals surface area contributed by atoms with E-state index in [4.69, 9.17) is 10.00 Å². The molecule has 0 amide bonds. The zero-order valence-corrected chi connectivity index (χ0v) is 12.0. The first-order valence-corrected chi connectivity index (χ1v) is 7.20. The molecule has 0 aromatic heterocycles. The van der Waals surface area contributed by atoms with Crippen molar-refractivity contribution in [1.82, 2.24) is 4.90 Å². The molecule has 3 nitrogen and oxygen atoms in total. The Balaban J connectivity index is 1.80. The van der Waals surface area contributed by atoms with E-state index in [1.165, 1.54) is 19.4 Å². The van der Waals surface area contributed by atoms with E-state index >= 15 is 0 Å². The molecule has 2 saturated heterocycles. The van der Waals surface area contributed by atoms with Crippen LogP contribution in [0.3, 0.4) is 0 Å². The Labute approximate surface area is 111 Å². The fraction of sp³-hybridized carbons (Fsp3) is 0.933. The van der Waals surface area contributed by atoms with Crippen molar-refractivity contribution in [2.75, 3.05) is 26.2 Å². The highest BCUT2D eigenvalue weighted by Gasteiger charge is 2.33. The van der Waals surface area contributed by atoms with Gasteiger partial charge in [-0.2, -0.15) is 5.26 Å². The first-order chi connectivity index (χ1) is 8.42. The van der Waals surface area contributed by atoms with Crippen LogP contribution in [0, 0.1) is 22.7 Å². The lowest BCUT2D eigenvalue weighted by atomic mass is 9.81. The summed E-state index contributed by atoms with van der Waals surface area (Å²) in [4.78, 5) is 2.55. The maximum absolute atomic E-state index is 9.14. The third-order valence-electron chi connectivity index (χ3n) is 4.55. The molecule has 2 heterocycles. The van der Waals surface area contributed by atoms with Crippen LogP contribution in [0.1, 0.15) is 46.5 Å². The molecule has 0 N–H and O–H groups in total. The van der Waals surface area contributed by atoms with Crippen molar-refractivity contribution >= 4 is 0 Å². The molecule has 2 fully saturated rings. The second-order valence-electron chi connectivity index (χ2n) is 6.94. The molecule has 0 aromatic carbocycles. The van der Waals surface area contributed by atoms with Gasteiger partial charge < -0.3 is 9.64 Å². The maximum atomic E-state index is 9.14. The highest BCUT2D eigenvalue weighted by molar-refractivity contribution is 4.99. The largest absolute Gasteiger partial charge is 0.376 e. The number of hydrogen-bond donors (Lipinski definition) is 0. The van der Waals surface area contributed by atoms with Gasteiger partial charge in [0.1, 0.15) is 0 Å². The van der Waals surface area contributed by atoms with Crippen molar-refractivity contribution in [2.24, 2.45) is 11.3 Å². The first kappa shape index (κ1) is 13.8. The zero-order valence-electron chi connectivity index (χ0n) is 12.0. The van der Waals surface area contributed by atoms with Gasteiger partial charge in [-0.05, 0) is 65.5 Å². The average molecular weight is 250 g/mol. The minimum absolute atomic E-state index is 0.0554. The van der Waals surface area contributed by atoms with Gasteiger partial charge in [0.15, 0.2) is 0 Å². The normalized spacial score (nSPS) is 31.8. The summed E-state index contributed by atoms with van der Waals surface area (Å²) >= 11 is 0. The Kier molecular flexibility index (Phi) is 3.99. The van der Waals surface area contributed by atoms with Crippen LogP contribution in [-0.4, -0.2) is 36.7 Å². The molecule has 1 unspecified atom stereocenters. The molecule has 0 saturated carbocycles. The SMILES string of the molecule is CC1(C#N)CCN(CC2CCOC(C)(C)C2)CC1. The highest BCUT2D eigenvalue weighted by Crippen LogP contribution is 2.33. The molecule has 0 aliphatic carbocycles. The lowest BCUT2D eigenvalue weighted by molar-refractivity contribution is -0.0781. The molecule has 1 atom stereocenters. The van der Waals surface area contributed by atoms with Crippen molar-refractivity contribution < 1.29 is 4.74 Å². The standard InChI is InChI=1S/C15H26N2O/c1-14(2)10-13(4-9-18-14)11-17-7-5-15(3,12-16)6-8-17/h13H,4-11H2,1-3H3. The van der Waals surface area contributed by atoms with Gasteiger partial charge in [0, 0.05) is 13.2 Å². The van der Waals surface area contributed by atoms with E-state index in [2.05, 4.69) is 31.7 Å². The van der Waals surface area contributed by atoms with Gasteiger partial charge in [-0.25, -0.2) is 0 Å². The van der Waals surface area contributed by atoms with E-state index in [0.29, 0.717) is 0 Å². The van der Waals surface area contributed by atoms with Crippen LogP contribution >= 0.6 is 0 Å². The molecule has 0 bridgehead atoms. The third-order valence-corrected chi connectivity index (χ3v) is 4.55. The molecule has 2 aliphatic heterocycles. The smallest absolute Gasteiger partial charge is 0.0687 e. The molecule has 0 aromatic rings. The van der Waals surface area contributed by atoms with Crippen LogP contribution in [0.15, 0.2) is 0 Å². The molecule has 0 spiro atoms. The summed E-state index contributed by atoms with van der Waals surface area (Å²) in [6, 6.07) is 2.47. The monoisotopic (exact) mass is 250 g/mol. The van der Waals surface area contributed by atoms with Crippen LogP contribution in [0.2, 0.25) is 0 Å². The van der Waals surface area contributed by atoms with Gasteiger partial charge in [-0.1, -0.05) is 0 Å². The zero-order chi connectivity index (χ0) is 13.2. The average Bonchev–Trinajstić information content (AvgIpc) is 2.31. The van der Waals surface area contributed by atoms with Gasteiger partial charge in [-0.15, -0.1) is 0 Å². The molecule has 102 valence electrons. The number of piperidine rings is 1. The summed E-state index contributed by atoms with van der Waals surface area (Å²) in [6.07, 6.45) is 4.40. The predicted molar refractivity (Wildman–Crippen MR) is 72.1 cm³/mol. The summed E-state index contributed by atoms with van der Waals surface area (Å²) < 4.78 is 5.77. The summed E-state index contributed by atoms with van der Waals surface area (Å²) in [5.74, 6) is 0.764. The Morgan fingerprint density at radius 3 is 2.50 bits per heavy atom. The van der Waals surface area contributed by atoms with E-state index in [-0.39, 0.29) is 11.0 Å². The van der Waals surface area contributed by atoms with Gasteiger partial charge in [-0.3, -0.25) is 0 Å². The quantitative estimate of drug-likeness (QED) is 0.756. The van der Waals surface area contributed by atoms with Crippen molar-refractivity contribution in [3.8, 4) is 6.07 Å². The van der Waals surface area contributed by atoms with Crippen molar-refractivity contribution in [3.05, 3.63) is 0 Å². The Morgan fingerprint density at radius 2 is 1.94 bits per heavy atom. The fourth-order valence-corrected chi connectivity index (χ4v) is 3.22. The van der Waals surface area contributed by atoms with Crippen molar-refractivity contribution in [1.29, 1.82) is 5.26 Å². The van der Waals surface area contributed by atoms with Gasteiger partial charge in [0.25, 0.3) is 0 Å². The Hall–Kier alpha value is -0.590. The van der Waals surface area contributed by atoms with Crippen LogP contribution in [-0.2, 0) is 4.74 Å². The third kappa shape index (κ3) is 3.46. The van der Waals surface area contributed by atoms with Crippen molar-refractivity contribution in [2.45, 2.75) is 52.1 Å². The van der Waals surface area contributed by atoms with E-state index in [0.717, 1.165) is 38.5 Å². The summed E-state index contributed by atoms with van der Waals surface area (Å²) in [7, 11) is 0. The lowest BCUT2D eigenvalue weighted by Crippen LogP contribution is -2.43. The Morgan fingerprint density at radius 1 is 1.28 bits per heavy atom. The number of nitriles is 1. The Bertz CT molecular complexity index is 324. The lowest BCUT2D eigenvalue weighted by Gasteiger charge is -2.40. The van der Waals surface area contributed by atoms with E-state index < -0.39 is 0 Å². The van der Waals surface area contributed by atoms with Gasteiger partial charge in [0.05, 0.1) is 17.1 Å². The highest BCUT2D eigenvalue weighted by atomic mass is 16.5. The van der Waals surface area contributed by atoms with E-state index in [1.54, 1.807) is 0 Å². The number of nitrogens with zero attached hydrogens (tertiary/aromatic N) is 2. The fourth-order valence-electron chi connectivity index (χ4n) is 3.22. The number of hydrogen-bond acceptors (Lipinski definition) is 3. The first-order valence-electron chi connectivity index (χ1n) is 7.20. The molecule has 18 heavy (non-hydrogen) atoms. The van der Waals surface area contributed by atoms with Gasteiger partial charge >= 0.3 is 0 Å². The van der Waals surface area contributed by atoms with E-state index in [9.17, 15) is 0 Å². The molecule has 2 rings (SSSR count). The number of ether oxygens (including phenoxy) is 1. The summed E-state index contributed by atoms with van der Waals surface area (Å²) in [6.45, 7) is 10.8. The van der Waals surface area contributed by atoms with E-state index in [1.807, 2.05) is 0 Å². The number of rotatable bonds is 2. The molecule has 3 heteroatoms. The second-order valence-corrected chi connectivity index (χ2v) is 6.94. The van der Waals surface area contributed by atoms with Crippen molar-refractivity contribution in [3.63, 3.8) is 0 Å². The van der Waals surface area contributed by atoms with Gasteiger partial charge in [0.2, 0.25) is 0 Å². The number of likely N-dealkylation sites (tertiary alicyclic amines) is 1. The molecular formula is C15H26N2O. The molecular weight excluding hydrogens is 224 g/mol. The predicted octanol–water partition coefficient (Wildman–Crippen LogP) is 2.82. The molecule has 0 radical (unpaired) electrons. The molecule has 2 aliphatic rings. The maximum Gasteiger partial charge on any atom is 0.0687 e. The minimum atomic E-state index is -0.0779. The topological polar surface area (TPSA) is 36.3 Å². The second kappa shape index (κ2) is 5.19. The summed E-state index contributed by atoms with van der Waals surface area (Å²) in [5.41, 5.74) is -0.0225. The minimum Gasteiger partial charge on any atom is -0.376 e.